The molecule has 156 valence electrons. The van der Waals surface area contributed by atoms with E-state index in [0.29, 0.717) is 34.9 Å². The Morgan fingerprint density at radius 3 is 2.10 bits per heavy atom. The summed E-state index contributed by atoms with van der Waals surface area (Å²) in [5.74, 6) is -0.299. The highest BCUT2D eigenvalue weighted by atomic mass is 35.5. The third-order valence-electron chi connectivity index (χ3n) is 5.08. The molecule has 2 aromatic carbocycles. The normalized spacial score (nSPS) is 11.8. The van der Waals surface area contributed by atoms with Gasteiger partial charge in [0.2, 0.25) is 11.8 Å². The van der Waals surface area contributed by atoms with E-state index in [1.165, 1.54) is 5.56 Å². The molecule has 2 rings (SSSR count). The molecule has 0 fully saturated rings. The molecule has 2 amide bonds. The Morgan fingerprint density at radius 1 is 1.00 bits per heavy atom. The summed E-state index contributed by atoms with van der Waals surface area (Å²) in [6, 6.07) is 12.9. The predicted octanol–water partition coefficient (Wildman–Crippen LogP) is 5.04. The van der Waals surface area contributed by atoms with E-state index >= 15 is 0 Å². The minimum atomic E-state index is -0.581. The summed E-state index contributed by atoms with van der Waals surface area (Å²) in [6.07, 6.45) is 2.40. The summed E-state index contributed by atoms with van der Waals surface area (Å²) in [6.45, 7) is 4.19. The largest absolute Gasteiger partial charge is 0.357 e. The molecule has 0 aliphatic heterocycles. The maximum atomic E-state index is 13.1. The second-order valence-electron chi connectivity index (χ2n) is 6.93. The molecular formula is C23H28Cl2N2O2. The molecule has 29 heavy (non-hydrogen) atoms. The van der Waals surface area contributed by atoms with Crippen molar-refractivity contribution >= 4 is 35.0 Å². The minimum absolute atomic E-state index is 0.101. The fourth-order valence-corrected chi connectivity index (χ4v) is 3.79. The van der Waals surface area contributed by atoms with Gasteiger partial charge in [-0.25, -0.2) is 0 Å². The Morgan fingerprint density at radius 2 is 1.59 bits per heavy atom. The van der Waals surface area contributed by atoms with Crippen LogP contribution in [-0.4, -0.2) is 29.8 Å². The van der Waals surface area contributed by atoms with Gasteiger partial charge in [-0.2, -0.15) is 0 Å². The molecule has 6 heteroatoms. The number of halogens is 2. The quantitative estimate of drug-likeness (QED) is 0.600. The monoisotopic (exact) mass is 434 g/mol. The standard InChI is InChI=1S/C23H28Cl2N2O2/c1-4-16-9-11-17(12-10-16)13-14-22(28)27(21(5-2)23(29)26-3)15-18-19(24)7-6-8-20(18)25/h6-12,21H,4-5,13-15H2,1-3H3,(H,26,29). The SMILES string of the molecule is CCc1ccc(CCC(=O)N(Cc2c(Cl)cccc2Cl)C(CC)C(=O)NC)cc1. The van der Waals surface area contributed by atoms with E-state index in [4.69, 9.17) is 23.2 Å². The smallest absolute Gasteiger partial charge is 0.242 e. The lowest BCUT2D eigenvalue weighted by atomic mass is 10.0. The Kier molecular flexibility index (Phi) is 8.99. The van der Waals surface area contributed by atoms with Gasteiger partial charge in [0.05, 0.1) is 0 Å². The summed E-state index contributed by atoms with van der Waals surface area (Å²) in [7, 11) is 1.57. The van der Waals surface area contributed by atoms with Crippen molar-refractivity contribution in [2.45, 2.75) is 52.1 Å². The van der Waals surface area contributed by atoms with Crippen molar-refractivity contribution in [3.05, 3.63) is 69.2 Å². The van der Waals surface area contributed by atoms with Crippen LogP contribution in [0.5, 0.6) is 0 Å². The second-order valence-corrected chi connectivity index (χ2v) is 7.74. The molecule has 0 aliphatic carbocycles. The highest BCUT2D eigenvalue weighted by Gasteiger charge is 2.28. The molecule has 4 nitrogen and oxygen atoms in total. The number of hydrogen-bond donors (Lipinski definition) is 1. The van der Waals surface area contributed by atoms with E-state index < -0.39 is 6.04 Å². The summed E-state index contributed by atoms with van der Waals surface area (Å²) in [5.41, 5.74) is 3.01. The van der Waals surface area contributed by atoms with Gasteiger partial charge in [-0.05, 0) is 42.5 Å². The van der Waals surface area contributed by atoms with Gasteiger partial charge < -0.3 is 10.2 Å². The second kappa shape index (κ2) is 11.2. The first kappa shape index (κ1) is 23.2. The van der Waals surface area contributed by atoms with Crippen LogP contribution >= 0.6 is 23.2 Å². The summed E-state index contributed by atoms with van der Waals surface area (Å²) in [4.78, 5) is 27.2. The van der Waals surface area contributed by atoms with Crippen LogP contribution in [0.2, 0.25) is 10.0 Å². The van der Waals surface area contributed by atoms with Crippen LogP contribution in [0.3, 0.4) is 0 Å². The highest BCUT2D eigenvalue weighted by Crippen LogP contribution is 2.27. The van der Waals surface area contributed by atoms with Crippen molar-refractivity contribution in [3.63, 3.8) is 0 Å². The van der Waals surface area contributed by atoms with Crippen LogP contribution < -0.4 is 5.32 Å². The average Bonchev–Trinajstić information content (AvgIpc) is 2.73. The lowest BCUT2D eigenvalue weighted by Gasteiger charge is -2.31. The lowest BCUT2D eigenvalue weighted by molar-refractivity contribution is -0.141. The minimum Gasteiger partial charge on any atom is -0.357 e. The summed E-state index contributed by atoms with van der Waals surface area (Å²) >= 11 is 12.6. The molecule has 0 aromatic heterocycles. The number of amides is 2. The number of nitrogens with zero attached hydrogens (tertiary/aromatic N) is 1. The van der Waals surface area contributed by atoms with E-state index in [1.807, 2.05) is 6.92 Å². The Balaban J connectivity index is 2.22. The van der Waals surface area contributed by atoms with E-state index in [9.17, 15) is 9.59 Å². The van der Waals surface area contributed by atoms with Crippen molar-refractivity contribution < 1.29 is 9.59 Å². The van der Waals surface area contributed by atoms with E-state index in [2.05, 4.69) is 36.5 Å². The van der Waals surface area contributed by atoms with Gasteiger partial charge in [0, 0.05) is 35.6 Å². The fraction of sp³-hybridized carbons (Fsp3) is 0.391. The average molecular weight is 435 g/mol. The van der Waals surface area contributed by atoms with Crippen LogP contribution in [-0.2, 0) is 29.0 Å². The van der Waals surface area contributed by atoms with Crippen LogP contribution in [0.1, 0.15) is 43.4 Å². The number of aryl methyl sites for hydroxylation is 2. The molecule has 0 spiro atoms. The van der Waals surface area contributed by atoms with Gasteiger partial charge in [0.15, 0.2) is 0 Å². The number of hydrogen-bond acceptors (Lipinski definition) is 2. The zero-order chi connectivity index (χ0) is 21.4. The van der Waals surface area contributed by atoms with Gasteiger partial charge in [0.25, 0.3) is 0 Å². The van der Waals surface area contributed by atoms with Gasteiger partial charge in [0.1, 0.15) is 6.04 Å². The van der Waals surface area contributed by atoms with E-state index in [-0.39, 0.29) is 18.4 Å². The Labute approximate surface area is 183 Å². The number of likely N-dealkylation sites (N-methyl/N-ethyl adjacent to an activating group) is 1. The molecule has 0 saturated heterocycles. The molecular weight excluding hydrogens is 407 g/mol. The number of carbonyl (C=O) groups excluding carboxylic acids is 2. The molecule has 0 radical (unpaired) electrons. The maximum absolute atomic E-state index is 13.1. The van der Waals surface area contributed by atoms with Gasteiger partial charge in [-0.1, -0.05) is 67.4 Å². The maximum Gasteiger partial charge on any atom is 0.242 e. The van der Waals surface area contributed by atoms with E-state index in [0.717, 1.165) is 12.0 Å². The molecule has 0 saturated carbocycles. The van der Waals surface area contributed by atoms with Crippen molar-refractivity contribution in [2.75, 3.05) is 7.05 Å². The van der Waals surface area contributed by atoms with Gasteiger partial charge in [-0.3, -0.25) is 9.59 Å². The third kappa shape index (κ3) is 6.22. The molecule has 0 heterocycles. The van der Waals surface area contributed by atoms with Crippen molar-refractivity contribution in [1.29, 1.82) is 0 Å². The van der Waals surface area contributed by atoms with Crippen LogP contribution in [0.4, 0.5) is 0 Å². The van der Waals surface area contributed by atoms with Crippen LogP contribution in [0.25, 0.3) is 0 Å². The highest BCUT2D eigenvalue weighted by molar-refractivity contribution is 6.36. The molecule has 0 aliphatic rings. The third-order valence-corrected chi connectivity index (χ3v) is 5.79. The summed E-state index contributed by atoms with van der Waals surface area (Å²) in [5, 5.41) is 3.62. The van der Waals surface area contributed by atoms with Crippen molar-refractivity contribution in [2.24, 2.45) is 0 Å². The number of nitrogens with one attached hydrogen (secondary N) is 1. The first-order chi connectivity index (χ1) is 13.9. The zero-order valence-electron chi connectivity index (χ0n) is 17.2. The van der Waals surface area contributed by atoms with Crippen molar-refractivity contribution in [1.82, 2.24) is 10.2 Å². The molecule has 1 N–H and O–H groups in total. The number of rotatable bonds is 9. The Bertz CT molecular complexity index is 817. The van der Waals surface area contributed by atoms with Crippen LogP contribution in [0.15, 0.2) is 42.5 Å². The Hall–Kier alpha value is -2.04. The molecule has 2 aromatic rings. The predicted molar refractivity (Wildman–Crippen MR) is 119 cm³/mol. The van der Waals surface area contributed by atoms with Crippen LogP contribution in [0, 0.1) is 0 Å². The molecule has 0 bridgehead atoms. The van der Waals surface area contributed by atoms with Gasteiger partial charge in [-0.15, -0.1) is 0 Å². The zero-order valence-corrected chi connectivity index (χ0v) is 18.7. The lowest BCUT2D eigenvalue weighted by Crippen LogP contribution is -2.48. The molecule has 1 atom stereocenters. The molecule has 1 unspecified atom stereocenters. The number of carbonyl (C=O) groups is 2. The first-order valence-electron chi connectivity index (χ1n) is 9.92. The van der Waals surface area contributed by atoms with Crippen molar-refractivity contribution in [3.8, 4) is 0 Å². The van der Waals surface area contributed by atoms with Gasteiger partial charge >= 0.3 is 0 Å². The first-order valence-corrected chi connectivity index (χ1v) is 10.7. The summed E-state index contributed by atoms with van der Waals surface area (Å²) < 4.78 is 0. The fourth-order valence-electron chi connectivity index (χ4n) is 3.28. The topological polar surface area (TPSA) is 49.4 Å². The number of benzene rings is 2. The van der Waals surface area contributed by atoms with E-state index in [1.54, 1.807) is 30.1 Å².